The zero-order chi connectivity index (χ0) is 15.4. The van der Waals surface area contributed by atoms with Crippen molar-refractivity contribution in [3.8, 4) is 0 Å². The average molecular weight is 309 g/mol. The van der Waals surface area contributed by atoms with Crippen LogP contribution < -0.4 is 0 Å². The highest BCUT2D eigenvalue weighted by atomic mass is 35.5. The van der Waals surface area contributed by atoms with Gasteiger partial charge in [-0.15, -0.1) is 0 Å². The quantitative estimate of drug-likeness (QED) is 0.490. The van der Waals surface area contributed by atoms with Gasteiger partial charge in [-0.25, -0.2) is 9.18 Å². The van der Waals surface area contributed by atoms with Gasteiger partial charge in [-0.2, -0.15) is 0 Å². The number of carbonyl (C=O) groups excluding carboxylic acids is 2. The lowest BCUT2D eigenvalue weighted by molar-refractivity contribution is 0.0600. The third-order valence-electron chi connectivity index (χ3n) is 2.64. The maximum atomic E-state index is 13.0. The zero-order valence-electron chi connectivity index (χ0n) is 10.9. The predicted octanol–water partition coefficient (Wildman–Crippen LogP) is 3.75. The van der Waals surface area contributed by atoms with Crippen LogP contribution in [0.3, 0.4) is 0 Å². The summed E-state index contributed by atoms with van der Waals surface area (Å²) in [5, 5.41) is -0.125. The minimum atomic E-state index is -0.592. The van der Waals surface area contributed by atoms with E-state index in [4.69, 9.17) is 16.0 Å². The van der Waals surface area contributed by atoms with Crippen molar-refractivity contribution >= 4 is 29.4 Å². The van der Waals surface area contributed by atoms with E-state index in [1.807, 2.05) is 0 Å². The number of ether oxygens (including phenoxy) is 1. The number of esters is 1. The van der Waals surface area contributed by atoms with Crippen LogP contribution in [-0.2, 0) is 4.74 Å². The molecule has 0 saturated heterocycles. The third-order valence-corrected chi connectivity index (χ3v) is 2.93. The zero-order valence-corrected chi connectivity index (χ0v) is 11.7. The van der Waals surface area contributed by atoms with E-state index in [0.29, 0.717) is 5.76 Å². The molecule has 0 aliphatic rings. The van der Waals surface area contributed by atoms with E-state index in [1.165, 1.54) is 43.7 Å². The van der Waals surface area contributed by atoms with E-state index in [9.17, 15) is 14.0 Å². The van der Waals surface area contributed by atoms with Gasteiger partial charge in [0, 0.05) is 5.56 Å². The van der Waals surface area contributed by atoms with Gasteiger partial charge in [0.05, 0.1) is 17.7 Å². The number of allylic oxidation sites excluding steroid dienone is 1. The summed E-state index contributed by atoms with van der Waals surface area (Å²) in [6, 6.07) is 5.13. The van der Waals surface area contributed by atoms with Gasteiger partial charge < -0.3 is 9.15 Å². The highest BCUT2D eigenvalue weighted by Crippen LogP contribution is 2.17. The Morgan fingerprint density at radius 3 is 2.71 bits per heavy atom. The molecule has 1 aromatic heterocycles. The number of methoxy groups -OCH3 is 1. The second-order valence-electron chi connectivity index (χ2n) is 4.06. The monoisotopic (exact) mass is 308 g/mol. The number of rotatable bonds is 4. The van der Waals surface area contributed by atoms with E-state index < -0.39 is 11.8 Å². The van der Waals surface area contributed by atoms with Crippen LogP contribution in [0.4, 0.5) is 4.39 Å². The van der Waals surface area contributed by atoms with Crippen molar-refractivity contribution in [3.63, 3.8) is 0 Å². The fraction of sp³-hybridized carbons (Fsp3) is 0.0667. The maximum Gasteiger partial charge on any atom is 0.341 e. The van der Waals surface area contributed by atoms with Gasteiger partial charge in [0.15, 0.2) is 5.78 Å². The molecule has 1 aromatic carbocycles. The van der Waals surface area contributed by atoms with E-state index in [-0.39, 0.29) is 21.9 Å². The Bertz CT molecular complexity index is 718. The summed E-state index contributed by atoms with van der Waals surface area (Å²) in [6.45, 7) is 0. The van der Waals surface area contributed by atoms with Gasteiger partial charge in [-0.1, -0.05) is 11.6 Å². The molecule has 6 heteroatoms. The molecule has 0 fully saturated rings. The second kappa shape index (κ2) is 6.37. The molecule has 0 bridgehead atoms. The predicted molar refractivity (Wildman–Crippen MR) is 74.8 cm³/mol. The highest BCUT2D eigenvalue weighted by Gasteiger charge is 2.09. The number of hydrogen-bond donors (Lipinski definition) is 0. The molecule has 0 saturated carbocycles. The smallest absolute Gasteiger partial charge is 0.341 e. The number of benzene rings is 1. The number of hydrogen-bond acceptors (Lipinski definition) is 4. The van der Waals surface area contributed by atoms with Crippen LogP contribution in [0.5, 0.6) is 0 Å². The first-order chi connectivity index (χ1) is 10.0. The van der Waals surface area contributed by atoms with Gasteiger partial charge in [0.2, 0.25) is 0 Å². The number of furan rings is 1. The molecular weight excluding hydrogens is 299 g/mol. The molecule has 21 heavy (non-hydrogen) atoms. The molecule has 0 aliphatic heterocycles. The maximum absolute atomic E-state index is 13.0. The summed E-state index contributed by atoms with van der Waals surface area (Å²) in [5.74, 6) is -1.18. The van der Waals surface area contributed by atoms with Crippen LogP contribution >= 0.6 is 11.6 Å². The average Bonchev–Trinajstić information content (AvgIpc) is 2.95. The summed E-state index contributed by atoms with van der Waals surface area (Å²) in [7, 11) is 1.26. The lowest BCUT2D eigenvalue weighted by atomic mass is 10.1. The van der Waals surface area contributed by atoms with Gasteiger partial charge in [-0.3, -0.25) is 4.79 Å². The molecule has 108 valence electrons. The molecule has 1 heterocycles. The van der Waals surface area contributed by atoms with Crippen molar-refractivity contribution in [1.82, 2.24) is 0 Å². The van der Waals surface area contributed by atoms with Crippen LogP contribution in [0.25, 0.3) is 6.08 Å². The molecule has 0 N–H and O–H groups in total. The van der Waals surface area contributed by atoms with E-state index in [2.05, 4.69) is 4.74 Å². The number of carbonyl (C=O) groups is 2. The second-order valence-corrected chi connectivity index (χ2v) is 4.46. The molecule has 0 amide bonds. The molecule has 0 aliphatic carbocycles. The number of ketones is 1. The lowest BCUT2D eigenvalue weighted by Crippen LogP contribution is -1.98. The molecule has 0 unspecified atom stereocenters. The Morgan fingerprint density at radius 1 is 1.29 bits per heavy atom. The minimum Gasteiger partial charge on any atom is -0.465 e. The van der Waals surface area contributed by atoms with Crippen molar-refractivity contribution in [1.29, 1.82) is 0 Å². The van der Waals surface area contributed by atoms with Crippen molar-refractivity contribution < 1.29 is 23.1 Å². The Hall–Kier alpha value is -2.40. The molecule has 0 spiro atoms. The Balaban J connectivity index is 2.13. The van der Waals surface area contributed by atoms with Gasteiger partial charge >= 0.3 is 5.97 Å². The molecular formula is C15H10ClFO4. The number of halogens is 2. The van der Waals surface area contributed by atoms with Crippen LogP contribution in [0, 0.1) is 5.82 Å². The van der Waals surface area contributed by atoms with Crippen molar-refractivity contribution in [2.45, 2.75) is 0 Å². The first kappa shape index (κ1) is 15.0. The Kier molecular flexibility index (Phi) is 4.55. The summed E-state index contributed by atoms with van der Waals surface area (Å²) in [5.41, 5.74) is 0.492. The van der Waals surface area contributed by atoms with Crippen LogP contribution in [0.1, 0.15) is 26.5 Å². The molecule has 0 atom stereocenters. The highest BCUT2D eigenvalue weighted by molar-refractivity contribution is 6.31. The van der Waals surface area contributed by atoms with Gasteiger partial charge in [0.25, 0.3) is 0 Å². The summed E-state index contributed by atoms with van der Waals surface area (Å²) in [6.07, 6.45) is 3.86. The first-order valence-corrected chi connectivity index (χ1v) is 6.23. The first-order valence-electron chi connectivity index (χ1n) is 5.85. The standard InChI is InChI=1S/C15H10ClFO4/c1-20-15(19)10-6-11(21-8-10)3-5-14(18)9-2-4-13(17)12(16)7-9/h2-8H,1H3. The van der Waals surface area contributed by atoms with Crippen molar-refractivity contribution in [2.75, 3.05) is 7.11 Å². The largest absolute Gasteiger partial charge is 0.465 e. The summed E-state index contributed by atoms with van der Waals surface area (Å²) < 4.78 is 22.6. The fourth-order valence-corrected chi connectivity index (χ4v) is 1.75. The fourth-order valence-electron chi connectivity index (χ4n) is 1.57. The van der Waals surface area contributed by atoms with Crippen molar-refractivity contribution in [3.05, 3.63) is 64.3 Å². The molecule has 0 radical (unpaired) electrons. The van der Waals surface area contributed by atoms with E-state index in [0.717, 1.165) is 6.07 Å². The SMILES string of the molecule is COC(=O)c1coc(C=CC(=O)c2ccc(F)c(Cl)c2)c1. The third kappa shape index (κ3) is 3.58. The minimum absolute atomic E-state index is 0.125. The molecule has 2 aromatic rings. The van der Waals surface area contributed by atoms with Crippen LogP contribution in [0.2, 0.25) is 5.02 Å². The normalized spacial score (nSPS) is 10.8. The van der Waals surface area contributed by atoms with Gasteiger partial charge in [0.1, 0.15) is 17.8 Å². The topological polar surface area (TPSA) is 56.5 Å². The van der Waals surface area contributed by atoms with E-state index >= 15 is 0 Å². The van der Waals surface area contributed by atoms with Crippen LogP contribution in [-0.4, -0.2) is 18.9 Å². The summed E-state index contributed by atoms with van der Waals surface area (Å²) in [4.78, 5) is 23.1. The van der Waals surface area contributed by atoms with E-state index in [1.54, 1.807) is 0 Å². The lowest BCUT2D eigenvalue weighted by Gasteiger charge is -1.97. The molecule has 2 rings (SSSR count). The Labute approximate surface area is 124 Å². The van der Waals surface area contributed by atoms with Crippen molar-refractivity contribution in [2.24, 2.45) is 0 Å². The summed E-state index contributed by atoms with van der Waals surface area (Å²) >= 11 is 5.61. The van der Waals surface area contributed by atoms with Crippen LogP contribution in [0.15, 0.2) is 41.0 Å². The molecule has 4 nitrogen and oxygen atoms in total. The van der Waals surface area contributed by atoms with Gasteiger partial charge in [-0.05, 0) is 36.4 Å². The Morgan fingerprint density at radius 2 is 2.05 bits per heavy atom.